The molecule has 3 aromatic rings. The highest BCUT2D eigenvalue weighted by molar-refractivity contribution is 6.02. The smallest absolute Gasteiger partial charge is 0.248 e. The molecule has 3 rings (SSSR count). The molecule has 2 N–H and O–H groups in total. The van der Waals surface area contributed by atoms with Crippen LogP contribution in [0.2, 0.25) is 0 Å². The summed E-state index contributed by atoms with van der Waals surface area (Å²) in [5, 5.41) is 5.46. The van der Waals surface area contributed by atoms with Crippen molar-refractivity contribution in [1.82, 2.24) is 9.97 Å². The number of amides is 2. The number of rotatable bonds is 6. The maximum absolute atomic E-state index is 12.0. The van der Waals surface area contributed by atoms with E-state index >= 15 is 0 Å². The summed E-state index contributed by atoms with van der Waals surface area (Å²) >= 11 is 0. The summed E-state index contributed by atoms with van der Waals surface area (Å²) < 4.78 is 0. The fraction of sp³-hybridized carbons (Fsp3) is 0. The minimum absolute atomic E-state index is 0.246. The predicted octanol–water partition coefficient (Wildman–Crippen LogP) is 3.78. The van der Waals surface area contributed by atoms with Crippen molar-refractivity contribution in [3.05, 3.63) is 96.6 Å². The number of anilines is 2. The van der Waals surface area contributed by atoms with Crippen LogP contribution in [0.25, 0.3) is 12.2 Å². The highest BCUT2D eigenvalue weighted by Gasteiger charge is 1.99. The molecule has 0 aliphatic rings. The second kappa shape index (κ2) is 9.59. The van der Waals surface area contributed by atoms with Crippen LogP contribution in [0.3, 0.4) is 0 Å². The summed E-state index contributed by atoms with van der Waals surface area (Å²) in [7, 11) is 0. The Balaban J connectivity index is 1.58. The van der Waals surface area contributed by atoms with Crippen LogP contribution < -0.4 is 10.6 Å². The monoisotopic (exact) mass is 370 g/mol. The molecule has 6 heteroatoms. The number of nitrogens with zero attached hydrogens (tertiary/aromatic N) is 2. The molecule has 0 atom stereocenters. The van der Waals surface area contributed by atoms with Crippen molar-refractivity contribution in [1.29, 1.82) is 0 Å². The van der Waals surface area contributed by atoms with Gasteiger partial charge in [0.05, 0.1) is 23.8 Å². The Hall–Kier alpha value is -4.06. The van der Waals surface area contributed by atoms with Gasteiger partial charge >= 0.3 is 0 Å². The quantitative estimate of drug-likeness (QED) is 0.647. The molecule has 0 saturated heterocycles. The average Bonchev–Trinajstić information content (AvgIpc) is 2.73. The molecular formula is C22H18N4O2. The van der Waals surface area contributed by atoms with Gasteiger partial charge in [-0.05, 0) is 53.6 Å². The third kappa shape index (κ3) is 6.03. The van der Waals surface area contributed by atoms with Gasteiger partial charge in [0.25, 0.3) is 0 Å². The Morgan fingerprint density at radius 3 is 1.64 bits per heavy atom. The zero-order valence-electron chi connectivity index (χ0n) is 14.9. The third-order valence-electron chi connectivity index (χ3n) is 3.62. The fourth-order valence-electron chi connectivity index (χ4n) is 2.35. The van der Waals surface area contributed by atoms with Crippen LogP contribution in [-0.4, -0.2) is 21.8 Å². The SMILES string of the molecule is O=C(/C=C/c1cccc(/C=C/C(=O)Nc2cccnc2)c1)Nc1cccnc1. The number of hydrogen-bond donors (Lipinski definition) is 2. The molecule has 1 aromatic carbocycles. The topological polar surface area (TPSA) is 84.0 Å². The van der Waals surface area contributed by atoms with E-state index < -0.39 is 0 Å². The van der Waals surface area contributed by atoms with E-state index in [1.165, 1.54) is 12.2 Å². The lowest BCUT2D eigenvalue weighted by Crippen LogP contribution is -2.07. The minimum atomic E-state index is -0.246. The van der Waals surface area contributed by atoms with Gasteiger partial charge in [-0.1, -0.05) is 18.2 Å². The van der Waals surface area contributed by atoms with Gasteiger partial charge in [0.2, 0.25) is 11.8 Å². The normalized spacial score (nSPS) is 10.9. The molecule has 2 heterocycles. The van der Waals surface area contributed by atoms with Crippen LogP contribution in [0, 0.1) is 0 Å². The van der Waals surface area contributed by atoms with Crippen molar-refractivity contribution < 1.29 is 9.59 Å². The van der Waals surface area contributed by atoms with Crippen LogP contribution in [0.4, 0.5) is 11.4 Å². The van der Waals surface area contributed by atoms with Crippen molar-refractivity contribution in [2.75, 3.05) is 10.6 Å². The maximum atomic E-state index is 12.0. The molecule has 6 nitrogen and oxygen atoms in total. The number of hydrogen-bond acceptors (Lipinski definition) is 4. The molecule has 0 aliphatic carbocycles. The van der Waals surface area contributed by atoms with Gasteiger partial charge in [-0.3, -0.25) is 19.6 Å². The van der Waals surface area contributed by atoms with Gasteiger partial charge < -0.3 is 10.6 Å². The maximum Gasteiger partial charge on any atom is 0.248 e. The van der Waals surface area contributed by atoms with Crippen LogP contribution in [0.15, 0.2) is 85.5 Å². The fourth-order valence-corrected chi connectivity index (χ4v) is 2.35. The zero-order chi connectivity index (χ0) is 19.6. The van der Waals surface area contributed by atoms with E-state index in [0.717, 1.165) is 11.1 Å². The highest BCUT2D eigenvalue weighted by Crippen LogP contribution is 2.10. The molecule has 0 bridgehead atoms. The molecule has 138 valence electrons. The van der Waals surface area contributed by atoms with Crippen LogP contribution >= 0.6 is 0 Å². The van der Waals surface area contributed by atoms with Crippen LogP contribution in [-0.2, 0) is 9.59 Å². The Bertz CT molecular complexity index is 921. The number of carbonyl (C=O) groups is 2. The molecular weight excluding hydrogens is 352 g/mol. The largest absolute Gasteiger partial charge is 0.321 e. The van der Waals surface area contributed by atoms with Crippen molar-refractivity contribution >= 4 is 35.3 Å². The summed E-state index contributed by atoms with van der Waals surface area (Å²) in [4.78, 5) is 31.8. The Kier molecular flexibility index (Phi) is 6.41. The molecule has 0 spiro atoms. The van der Waals surface area contributed by atoms with Crippen LogP contribution in [0.1, 0.15) is 11.1 Å². The van der Waals surface area contributed by atoms with Crippen molar-refractivity contribution in [3.63, 3.8) is 0 Å². The summed E-state index contributed by atoms with van der Waals surface area (Å²) in [6.07, 6.45) is 12.7. The predicted molar refractivity (Wildman–Crippen MR) is 110 cm³/mol. The van der Waals surface area contributed by atoms with Gasteiger partial charge in [-0.15, -0.1) is 0 Å². The summed E-state index contributed by atoms with van der Waals surface area (Å²) in [5.74, 6) is -0.491. The van der Waals surface area contributed by atoms with Crippen LogP contribution in [0.5, 0.6) is 0 Å². The second-order valence-corrected chi connectivity index (χ2v) is 5.80. The molecule has 2 amide bonds. The third-order valence-corrected chi connectivity index (χ3v) is 3.62. The molecule has 0 radical (unpaired) electrons. The number of nitrogens with one attached hydrogen (secondary N) is 2. The van der Waals surface area contributed by atoms with Gasteiger partial charge in [-0.2, -0.15) is 0 Å². The zero-order valence-corrected chi connectivity index (χ0v) is 14.9. The molecule has 0 fully saturated rings. The minimum Gasteiger partial charge on any atom is -0.321 e. The Morgan fingerprint density at radius 1 is 0.714 bits per heavy atom. The number of carbonyl (C=O) groups excluding carboxylic acids is 2. The molecule has 0 aliphatic heterocycles. The van der Waals surface area contributed by atoms with E-state index in [9.17, 15) is 9.59 Å². The summed E-state index contributed by atoms with van der Waals surface area (Å²) in [6, 6.07) is 14.5. The highest BCUT2D eigenvalue weighted by atomic mass is 16.2. The van der Waals surface area contributed by atoms with Gasteiger partial charge in [-0.25, -0.2) is 0 Å². The lowest BCUT2D eigenvalue weighted by atomic mass is 10.1. The Labute approximate surface area is 162 Å². The van der Waals surface area contributed by atoms with E-state index in [1.807, 2.05) is 24.3 Å². The van der Waals surface area contributed by atoms with E-state index in [1.54, 1.807) is 61.2 Å². The number of aromatic nitrogens is 2. The average molecular weight is 370 g/mol. The first kappa shape index (κ1) is 18.7. The first-order valence-corrected chi connectivity index (χ1v) is 8.57. The van der Waals surface area contributed by atoms with Gasteiger partial charge in [0, 0.05) is 24.5 Å². The van der Waals surface area contributed by atoms with Gasteiger partial charge in [0.15, 0.2) is 0 Å². The van der Waals surface area contributed by atoms with E-state index in [2.05, 4.69) is 20.6 Å². The molecule has 28 heavy (non-hydrogen) atoms. The number of benzene rings is 1. The lowest BCUT2D eigenvalue weighted by molar-refractivity contribution is -0.112. The molecule has 2 aromatic heterocycles. The van der Waals surface area contributed by atoms with Crippen molar-refractivity contribution in [2.24, 2.45) is 0 Å². The first-order chi connectivity index (χ1) is 13.7. The molecule has 0 saturated carbocycles. The second-order valence-electron chi connectivity index (χ2n) is 5.80. The lowest BCUT2D eigenvalue weighted by Gasteiger charge is -2.01. The number of pyridine rings is 2. The first-order valence-electron chi connectivity index (χ1n) is 8.57. The van der Waals surface area contributed by atoms with Crippen molar-refractivity contribution in [3.8, 4) is 0 Å². The van der Waals surface area contributed by atoms with E-state index in [0.29, 0.717) is 11.4 Å². The molecule has 0 unspecified atom stereocenters. The van der Waals surface area contributed by atoms with Crippen molar-refractivity contribution in [2.45, 2.75) is 0 Å². The van der Waals surface area contributed by atoms with Gasteiger partial charge in [0.1, 0.15) is 0 Å². The van der Waals surface area contributed by atoms with E-state index in [4.69, 9.17) is 0 Å². The summed E-state index contributed by atoms with van der Waals surface area (Å²) in [5.41, 5.74) is 2.95. The Morgan fingerprint density at radius 2 is 1.21 bits per heavy atom. The standard InChI is InChI=1S/C22H18N4O2/c27-21(25-19-6-2-12-23-15-19)10-8-17-4-1-5-18(14-17)9-11-22(28)26-20-7-3-13-24-16-20/h1-16H,(H,25,27)(H,26,28)/b10-8+,11-9+. The van der Waals surface area contributed by atoms with E-state index in [-0.39, 0.29) is 11.8 Å². The summed E-state index contributed by atoms with van der Waals surface area (Å²) in [6.45, 7) is 0.